The maximum Gasteiger partial charge on any atom is 0.274 e. The summed E-state index contributed by atoms with van der Waals surface area (Å²) in [5, 5.41) is 11.8. The number of benzene rings is 1. The maximum absolute atomic E-state index is 13.4. The Morgan fingerprint density at radius 2 is 2.03 bits per heavy atom. The van der Waals surface area contributed by atoms with Crippen LogP contribution in [0.5, 0.6) is 5.88 Å². The molecule has 4 heterocycles. The molecule has 12 heteroatoms. The van der Waals surface area contributed by atoms with Crippen LogP contribution in [0.25, 0.3) is 11.3 Å². The molecule has 2 aliphatic heterocycles. The van der Waals surface area contributed by atoms with E-state index in [9.17, 15) is 9.59 Å². The summed E-state index contributed by atoms with van der Waals surface area (Å²) < 4.78 is 12.6. The number of likely N-dealkylation sites (tertiary alicyclic amines) is 1. The Morgan fingerprint density at radius 1 is 1.21 bits per heavy atom. The highest BCUT2D eigenvalue weighted by Crippen LogP contribution is 2.33. The van der Waals surface area contributed by atoms with E-state index in [4.69, 9.17) is 32.7 Å². The number of ether oxygens (including phenoxy) is 2. The number of piperidine rings is 1. The molecular weight excluding hydrogens is 531 g/mol. The highest BCUT2D eigenvalue weighted by Gasteiger charge is 2.31. The summed E-state index contributed by atoms with van der Waals surface area (Å²) in [6.07, 6.45) is 2.11. The van der Waals surface area contributed by atoms with Crippen molar-refractivity contribution in [2.45, 2.75) is 25.7 Å². The zero-order valence-corrected chi connectivity index (χ0v) is 22.3. The Balaban J connectivity index is 1.27. The molecule has 2 N–H and O–H groups in total. The molecule has 2 aromatic heterocycles. The lowest BCUT2D eigenvalue weighted by atomic mass is 9.95. The number of pyridine rings is 1. The van der Waals surface area contributed by atoms with Crippen molar-refractivity contribution >= 4 is 35.0 Å². The van der Waals surface area contributed by atoms with Gasteiger partial charge >= 0.3 is 0 Å². The molecule has 0 radical (unpaired) electrons. The molecule has 0 spiro atoms. The van der Waals surface area contributed by atoms with Crippen molar-refractivity contribution in [3.63, 3.8) is 0 Å². The van der Waals surface area contributed by atoms with Crippen LogP contribution in [0.2, 0.25) is 10.0 Å². The van der Waals surface area contributed by atoms with Gasteiger partial charge in [-0.3, -0.25) is 14.9 Å². The quantitative estimate of drug-likeness (QED) is 0.456. The normalized spacial score (nSPS) is 18.0. The van der Waals surface area contributed by atoms with Crippen molar-refractivity contribution in [3.8, 4) is 17.1 Å². The zero-order chi connectivity index (χ0) is 26.6. The van der Waals surface area contributed by atoms with E-state index in [1.807, 2.05) is 18.2 Å². The van der Waals surface area contributed by atoms with E-state index in [2.05, 4.69) is 20.7 Å². The second kappa shape index (κ2) is 11.7. The van der Waals surface area contributed by atoms with Gasteiger partial charge in [-0.05, 0) is 36.6 Å². The van der Waals surface area contributed by atoms with E-state index in [1.165, 1.54) is 13.3 Å². The Morgan fingerprint density at radius 3 is 2.74 bits per heavy atom. The number of carbonyl (C=O) groups excluding carboxylic acids is 2. The van der Waals surface area contributed by atoms with Crippen LogP contribution in [0.3, 0.4) is 0 Å². The van der Waals surface area contributed by atoms with Crippen LogP contribution in [0, 0.1) is 5.92 Å². The average molecular weight is 559 g/mol. The largest absolute Gasteiger partial charge is 0.481 e. The molecular formula is C26H28Cl2N6O4. The first-order valence-electron chi connectivity index (χ1n) is 12.4. The lowest BCUT2D eigenvalue weighted by molar-refractivity contribution is -0.126. The first kappa shape index (κ1) is 26.4. The summed E-state index contributed by atoms with van der Waals surface area (Å²) in [6, 6.07) is 10.8. The lowest BCUT2D eigenvalue weighted by Crippen LogP contribution is -2.43. The van der Waals surface area contributed by atoms with Crippen LogP contribution in [-0.4, -0.2) is 64.8 Å². The number of nitrogens with zero attached hydrogens (tertiary/aromatic N) is 4. The number of carbonyl (C=O) groups is 2. The third-order valence-corrected chi connectivity index (χ3v) is 7.23. The second-order valence-electron chi connectivity index (χ2n) is 9.16. The van der Waals surface area contributed by atoms with Crippen molar-refractivity contribution in [2.75, 3.05) is 33.4 Å². The lowest BCUT2D eigenvalue weighted by Gasteiger charge is -2.30. The average Bonchev–Trinajstić information content (AvgIpc) is 3.62. The second-order valence-corrected chi connectivity index (χ2v) is 10.0. The molecule has 5 rings (SSSR count). The van der Waals surface area contributed by atoms with Gasteiger partial charge in [0, 0.05) is 48.7 Å². The van der Waals surface area contributed by atoms with Gasteiger partial charge in [0.2, 0.25) is 18.1 Å². The minimum absolute atomic E-state index is 0.0191. The number of hydrogen-bond donors (Lipinski definition) is 2. The number of nitrogens with one attached hydrogen (secondary N) is 2. The third-order valence-electron chi connectivity index (χ3n) is 6.70. The number of halogens is 2. The fourth-order valence-electron chi connectivity index (χ4n) is 4.66. The first-order chi connectivity index (χ1) is 18.4. The number of amides is 2. The number of aromatic nitrogens is 3. The molecule has 1 aromatic carbocycles. The van der Waals surface area contributed by atoms with Crippen molar-refractivity contribution in [1.82, 2.24) is 30.3 Å². The van der Waals surface area contributed by atoms with Crippen molar-refractivity contribution < 1.29 is 19.1 Å². The van der Waals surface area contributed by atoms with Gasteiger partial charge in [0.25, 0.3) is 5.91 Å². The third kappa shape index (κ3) is 5.78. The van der Waals surface area contributed by atoms with Gasteiger partial charge in [-0.15, -0.1) is 0 Å². The molecule has 2 aliphatic rings. The molecule has 2 saturated heterocycles. The van der Waals surface area contributed by atoms with Crippen LogP contribution < -0.4 is 15.4 Å². The van der Waals surface area contributed by atoms with Crippen molar-refractivity contribution in [3.05, 3.63) is 63.9 Å². The Bertz CT molecular complexity index is 1320. The molecule has 1 unspecified atom stereocenters. The summed E-state index contributed by atoms with van der Waals surface area (Å²) in [7, 11) is 1.52. The molecule has 2 fully saturated rings. The maximum atomic E-state index is 13.4. The predicted octanol–water partition coefficient (Wildman–Crippen LogP) is 3.51. The monoisotopic (exact) mass is 558 g/mol. The molecule has 38 heavy (non-hydrogen) atoms. The summed E-state index contributed by atoms with van der Waals surface area (Å²) in [6.45, 7) is 2.51. The fourth-order valence-corrected chi connectivity index (χ4v) is 5.08. The van der Waals surface area contributed by atoms with Crippen molar-refractivity contribution in [2.24, 2.45) is 5.92 Å². The smallest absolute Gasteiger partial charge is 0.274 e. The topological polar surface area (TPSA) is 111 Å². The van der Waals surface area contributed by atoms with E-state index < -0.39 is 6.35 Å². The Hall–Kier alpha value is -3.18. The van der Waals surface area contributed by atoms with Crippen LogP contribution in [-0.2, 0) is 16.1 Å². The summed E-state index contributed by atoms with van der Waals surface area (Å²) in [5.74, 6) is -0.00105. The first-order valence-corrected chi connectivity index (χ1v) is 13.1. The van der Waals surface area contributed by atoms with Gasteiger partial charge in [0.05, 0.1) is 30.6 Å². The SMILES string of the molecule is COc1cc(-c2cc(C(=O)N3CCC(C(=O)NCc4cccc(Cl)c4)CC3)nn2C2NCCO2)c(Cl)cn1. The van der Waals surface area contributed by atoms with Gasteiger partial charge < -0.3 is 19.7 Å². The zero-order valence-electron chi connectivity index (χ0n) is 20.8. The number of hydrogen-bond acceptors (Lipinski definition) is 7. The van der Waals surface area contributed by atoms with Crippen LogP contribution >= 0.6 is 23.2 Å². The number of methoxy groups -OCH3 is 1. The molecule has 200 valence electrons. The predicted molar refractivity (Wildman–Crippen MR) is 142 cm³/mol. The van der Waals surface area contributed by atoms with Crippen molar-refractivity contribution in [1.29, 1.82) is 0 Å². The molecule has 0 aliphatic carbocycles. The van der Waals surface area contributed by atoms with E-state index in [0.29, 0.717) is 72.8 Å². The Labute approximate surface area is 230 Å². The molecule has 1 atom stereocenters. The minimum Gasteiger partial charge on any atom is -0.481 e. The highest BCUT2D eigenvalue weighted by atomic mass is 35.5. The number of rotatable bonds is 7. The van der Waals surface area contributed by atoms with E-state index in [0.717, 1.165) is 5.56 Å². The molecule has 0 bridgehead atoms. The van der Waals surface area contributed by atoms with Gasteiger partial charge in [-0.2, -0.15) is 5.10 Å². The summed E-state index contributed by atoms with van der Waals surface area (Å²) in [5.41, 5.74) is 2.44. The van der Waals surface area contributed by atoms with Gasteiger partial charge in [-0.25, -0.2) is 9.67 Å². The summed E-state index contributed by atoms with van der Waals surface area (Å²) >= 11 is 12.5. The molecule has 2 amide bonds. The van der Waals surface area contributed by atoms with Gasteiger partial charge in [0.15, 0.2) is 5.69 Å². The standard InChI is InChI=1S/C26H28Cl2N6O4/c1-37-23-12-19(20(28)15-30-23)22-13-21(32-34(22)26-29-7-10-38-26)25(36)33-8-5-17(6-9-33)24(35)31-14-16-3-2-4-18(27)11-16/h2-4,11-13,15,17,26,29H,5-10,14H2,1H3,(H,31,35). The molecule has 0 saturated carbocycles. The fraction of sp³-hybridized carbons (Fsp3) is 0.385. The van der Waals surface area contributed by atoms with Gasteiger partial charge in [-0.1, -0.05) is 35.3 Å². The highest BCUT2D eigenvalue weighted by molar-refractivity contribution is 6.33. The Kier molecular flexibility index (Phi) is 8.13. The molecule has 3 aromatic rings. The minimum atomic E-state index is -0.532. The van der Waals surface area contributed by atoms with E-state index in [-0.39, 0.29) is 23.4 Å². The van der Waals surface area contributed by atoms with Crippen LogP contribution in [0.1, 0.15) is 35.2 Å². The summed E-state index contributed by atoms with van der Waals surface area (Å²) in [4.78, 5) is 32.0. The van der Waals surface area contributed by atoms with Crippen LogP contribution in [0.15, 0.2) is 42.6 Å². The molecule has 10 nitrogen and oxygen atoms in total. The van der Waals surface area contributed by atoms with Gasteiger partial charge in [0.1, 0.15) is 0 Å². The van der Waals surface area contributed by atoms with E-state index in [1.54, 1.807) is 27.8 Å². The van der Waals surface area contributed by atoms with E-state index >= 15 is 0 Å². The van der Waals surface area contributed by atoms with Crippen LogP contribution in [0.4, 0.5) is 0 Å².